The summed E-state index contributed by atoms with van der Waals surface area (Å²) in [7, 11) is 0. The van der Waals surface area contributed by atoms with E-state index in [1.807, 2.05) is 6.07 Å². The fourth-order valence-electron chi connectivity index (χ4n) is 3.57. The van der Waals surface area contributed by atoms with E-state index >= 15 is 0 Å². The van der Waals surface area contributed by atoms with Crippen LogP contribution in [-0.2, 0) is 22.3 Å². The molecule has 0 amide bonds. The molecule has 0 saturated carbocycles. The first-order chi connectivity index (χ1) is 13.3. The molecule has 2 aromatic rings. The molecule has 1 atom stereocenters. The Labute approximate surface area is 168 Å². The lowest BCUT2D eigenvalue weighted by Gasteiger charge is -2.11. The maximum Gasteiger partial charge on any atom is 0.349 e. The molecule has 0 bridgehead atoms. The van der Waals surface area contributed by atoms with Gasteiger partial charge in [-0.1, -0.05) is 0 Å². The van der Waals surface area contributed by atoms with Crippen LogP contribution in [0, 0.1) is 13.8 Å². The van der Waals surface area contributed by atoms with Crippen molar-refractivity contribution in [2.75, 3.05) is 6.61 Å². The van der Waals surface area contributed by atoms with Gasteiger partial charge in [-0.3, -0.25) is 4.79 Å². The first-order valence-electron chi connectivity index (χ1n) is 9.56. The van der Waals surface area contributed by atoms with E-state index in [-0.39, 0.29) is 18.1 Å². The first-order valence-corrected chi connectivity index (χ1v) is 10.4. The number of Topliss-reactive ketones (excluding diaryl/α,β-unsaturated/α-hetero) is 1. The third kappa shape index (κ3) is 3.90. The van der Waals surface area contributed by atoms with Crippen LogP contribution in [0.4, 0.5) is 0 Å². The molecule has 2 heterocycles. The Kier molecular flexibility index (Phi) is 6.03. The number of ether oxygens (including phenoxy) is 2. The lowest BCUT2D eigenvalue weighted by Crippen LogP contribution is -2.25. The van der Waals surface area contributed by atoms with E-state index < -0.39 is 18.0 Å². The lowest BCUT2D eigenvalue weighted by molar-refractivity contribution is 0.0321. The highest BCUT2D eigenvalue weighted by Gasteiger charge is 2.28. The largest absolute Gasteiger partial charge is 0.462 e. The number of thiophene rings is 1. The molecule has 6 nitrogen and oxygen atoms in total. The van der Waals surface area contributed by atoms with Crippen molar-refractivity contribution in [2.45, 2.75) is 59.5 Å². The molecule has 0 spiro atoms. The smallest absolute Gasteiger partial charge is 0.349 e. The molecule has 0 fully saturated rings. The molecule has 0 radical (unpaired) electrons. The molecule has 0 unspecified atom stereocenters. The summed E-state index contributed by atoms with van der Waals surface area (Å²) in [6.45, 7) is 6.93. The van der Waals surface area contributed by atoms with Crippen molar-refractivity contribution in [1.29, 1.82) is 0 Å². The fourth-order valence-corrected chi connectivity index (χ4v) is 4.71. The van der Waals surface area contributed by atoms with Crippen LogP contribution in [0.1, 0.15) is 78.9 Å². The SMILES string of the molecule is CCOC(=O)c1c(C)[nH]c(C(=O)[C@H](C)OC(=O)c2cc3c(s2)CCCC3)c1C. The van der Waals surface area contributed by atoms with Crippen LogP contribution in [0.25, 0.3) is 0 Å². The number of fused-ring (bicyclic) bond motifs is 1. The number of aromatic amines is 1. The zero-order chi connectivity index (χ0) is 20.4. The zero-order valence-corrected chi connectivity index (χ0v) is 17.5. The molecule has 2 aromatic heterocycles. The summed E-state index contributed by atoms with van der Waals surface area (Å²) in [6.07, 6.45) is 3.32. The lowest BCUT2D eigenvalue weighted by atomic mass is 9.99. The monoisotopic (exact) mass is 403 g/mol. The maximum absolute atomic E-state index is 12.8. The van der Waals surface area contributed by atoms with E-state index in [1.54, 1.807) is 27.7 Å². The summed E-state index contributed by atoms with van der Waals surface area (Å²) in [6, 6.07) is 1.89. The molecule has 1 aliphatic carbocycles. The first kappa shape index (κ1) is 20.3. The minimum atomic E-state index is -0.960. The van der Waals surface area contributed by atoms with Gasteiger partial charge in [0.05, 0.1) is 17.9 Å². The molecule has 1 N–H and O–H groups in total. The highest BCUT2D eigenvalue weighted by molar-refractivity contribution is 7.14. The predicted octanol–water partition coefficient (Wildman–Crippen LogP) is 4.18. The van der Waals surface area contributed by atoms with E-state index in [2.05, 4.69) is 4.98 Å². The molecular weight excluding hydrogens is 378 g/mol. The molecule has 7 heteroatoms. The Balaban J connectivity index is 1.74. The number of H-pyrrole nitrogens is 1. The quantitative estimate of drug-likeness (QED) is 0.578. The third-order valence-corrected chi connectivity index (χ3v) is 6.23. The average molecular weight is 404 g/mol. The van der Waals surface area contributed by atoms with Gasteiger partial charge in [-0.15, -0.1) is 11.3 Å². The number of hydrogen-bond donors (Lipinski definition) is 1. The van der Waals surface area contributed by atoms with Gasteiger partial charge in [-0.2, -0.15) is 0 Å². The molecule has 150 valence electrons. The van der Waals surface area contributed by atoms with Crippen molar-refractivity contribution in [3.8, 4) is 0 Å². The summed E-state index contributed by atoms with van der Waals surface area (Å²) in [5.41, 5.74) is 2.91. The van der Waals surface area contributed by atoms with Crippen LogP contribution in [0.15, 0.2) is 6.07 Å². The molecular formula is C21H25NO5S. The van der Waals surface area contributed by atoms with Crippen molar-refractivity contribution in [3.63, 3.8) is 0 Å². The van der Waals surface area contributed by atoms with E-state index in [0.717, 1.165) is 25.7 Å². The minimum absolute atomic E-state index is 0.255. The number of aryl methyl sites for hydroxylation is 3. The standard InChI is InChI=1S/C21H25NO5S/c1-5-26-21(25)17-11(2)18(22-12(17)3)19(23)13(4)27-20(24)16-10-14-8-6-7-9-15(14)28-16/h10,13,22H,5-9H2,1-4H3/t13-/m0/s1. The fraction of sp³-hybridized carbons (Fsp3) is 0.476. The third-order valence-electron chi connectivity index (χ3n) is 5.01. The highest BCUT2D eigenvalue weighted by Crippen LogP contribution is 2.30. The van der Waals surface area contributed by atoms with Gasteiger partial charge in [0.2, 0.25) is 5.78 Å². The van der Waals surface area contributed by atoms with Crippen LogP contribution in [0.2, 0.25) is 0 Å². The number of ketones is 1. The molecule has 28 heavy (non-hydrogen) atoms. The summed E-state index contributed by atoms with van der Waals surface area (Å²) in [5, 5.41) is 0. The van der Waals surface area contributed by atoms with Gasteiger partial charge in [0.1, 0.15) is 4.88 Å². The average Bonchev–Trinajstić information content (AvgIpc) is 3.22. The van der Waals surface area contributed by atoms with Gasteiger partial charge in [0.25, 0.3) is 0 Å². The second-order valence-electron chi connectivity index (χ2n) is 7.02. The van der Waals surface area contributed by atoms with Gasteiger partial charge in [-0.25, -0.2) is 9.59 Å². The molecule has 0 saturated heterocycles. The van der Waals surface area contributed by atoms with Crippen molar-refractivity contribution in [1.82, 2.24) is 4.98 Å². The number of esters is 2. The summed E-state index contributed by atoms with van der Waals surface area (Å²) in [5.74, 6) is -1.32. The van der Waals surface area contributed by atoms with Gasteiger partial charge < -0.3 is 14.5 Å². The summed E-state index contributed by atoms with van der Waals surface area (Å²) < 4.78 is 10.5. The predicted molar refractivity (Wildman–Crippen MR) is 106 cm³/mol. The number of hydrogen-bond acceptors (Lipinski definition) is 6. The van der Waals surface area contributed by atoms with Crippen molar-refractivity contribution in [3.05, 3.63) is 43.9 Å². The van der Waals surface area contributed by atoms with E-state index in [0.29, 0.717) is 21.7 Å². The Hall–Kier alpha value is -2.41. The Bertz CT molecular complexity index is 900. The van der Waals surface area contributed by atoms with Crippen LogP contribution in [0.5, 0.6) is 0 Å². The van der Waals surface area contributed by atoms with Crippen molar-refractivity contribution < 1.29 is 23.9 Å². The van der Waals surface area contributed by atoms with E-state index in [1.165, 1.54) is 21.8 Å². The summed E-state index contributed by atoms with van der Waals surface area (Å²) in [4.78, 5) is 42.2. The normalized spacial score (nSPS) is 14.3. The Morgan fingerprint density at radius 2 is 1.89 bits per heavy atom. The Morgan fingerprint density at radius 1 is 1.18 bits per heavy atom. The number of aromatic nitrogens is 1. The number of nitrogens with one attached hydrogen (secondary N) is 1. The van der Waals surface area contributed by atoms with Gasteiger partial charge in [-0.05, 0) is 70.6 Å². The van der Waals surface area contributed by atoms with Crippen LogP contribution >= 0.6 is 11.3 Å². The van der Waals surface area contributed by atoms with Gasteiger partial charge in [0.15, 0.2) is 6.10 Å². The van der Waals surface area contributed by atoms with Crippen LogP contribution in [0.3, 0.4) is 0 Å². The highest BCUT2D eigenvalue weighted by atomic mass is 32.1. The van der Waals surface area contributed by atoms with Gasteiger partial charge >= 0.3 is 11.9 Å². The van der Waals surface area contributed by atoms with Crippen LogP contribution in [-0.4, -0.2) is 35.4 Å². The zero-order valence-electron chi connectivity index (χ0n) is 16.6. The number of carbonyl (C=O) groups is 3. The van der Waals surface area contributed by atoms with E-state index in [9.17, 15) is 14.4 Å². The second kappa shape index (κ2) is 8.31. The van der Waals surface area contributed by atoms with E-state index in [4.69, 9.17) is 9.47 Å². The minimum Gasteiger partial charge on any atom is -0.462 e. The molecule has 1 aliphatic rings. The maximum atomic E-state index is 12.8. The second-order valence-corrected chi connectivity index (χ2v) is 8.16. The van der Waals surface area contributed by atoms with Crippen LogP contribution < -0.4 is 0 Å². The van der Waals surface area contributed by atoms with Gasteiger partial charge in [0, 0.05) is 10.6 Å². The number of rotatable bonds is 6. The van der Waals surface area contributed by atoms with Crippen molar-refractivity contribution in [2.24, 2.45) is 0 Å². The molecule has 0 aliphatic heterocycles. The summed E-state index contributed by atoms with van der Waals surface area (Å²) >= 11 is 1.46. The molecule has 3 rings (SSSR count). The molecule has 0 aromatic carbocycles. The van der Waals surface area contributed by atoms with Crippen molar-refractivity contribution >= 4 is 29.1 Å². The number of carbonyl (C=O) groups excluding carboxylic acids is 3. The Morgan fingerprint density at radius 3 is 2.57 bits per heavy atom. The topological polar surface area (TPSA) is 85.5 Å².